The minimum absolute atomic E-state index is 0. The molecule has 0 N–H and O–H groups in total. The van der Waals surface area contributed by atoms with E-state index in [-0.39, 0.29) is 130 Å². The van der Waals surface area contributed by atoms with Crippen molar-refractivity contribution in [1.29, 1.82) is 0 Å². The monoisotopic (exact) mass is 1940 g/mol. The third-order valence-electron chi connectivity index (χ3n) is 29.0. The molecule has 6 aliphatic heterocycles. The van der Waals surface area contributed by atoms with Crippen LogP contribution in [0.25, 0.3) is 33.1 Å². The predicted molar refractivity (Wildman–Crippen MR) is 472 cm³/mol. The van der Waals surface area contributed by atoms with Crippen molar-refractivity contribution in [1.82, 2.24) is 44.6 Å². The summed E-state index contributed by atoms with van der Waals surface area (Å²) in [5.74, 6) is -0.970. The normalized spacial score (nSPS) is 30.5. The average molecular weight is 1940 g/mol. The average Bonchev–Trinajstić information content (AvgIpc) is 1.61. The quantitative estimate of drug-likeness (QED) is 0.0849. The number of esters is 3. The van der Waals surface area contributed by atoms with Crippen LogP contribution in [-0.4, -0.2) is 213 Å². The van der Waals surface area contributed by atoms with Gasteiger partial charge in [0.15, 0.2) is 0 Å². The van der Waals surface area contributed by atoms with Crippen LogP contribution in [0.15, 0.2) is 54.6 Å². The Balaban J connectivity index is 0.000000189. The molecule has 3 aromatic carbocycles. The third-order valence-corrected chi connectivity index (χ3v) is 29.0. The van der Waals surface area contributed by atoms with E-state index < -0.39 is 130 Å². The number of fused-ring (bicyclic) bond motifs is 19. The molecule has 3 aromatic heterocycles. The van der Waals surface area contributed by atoms with Crippen LogP contribution in [0.2, 0.25) is 0 Å². The van der Waals surface area contributed by atoms with Gasteiger partial charge in [0.1, 0.15) is 89.0 Å². The van der Waals surface area contributed by atoms with Crippen molar-refractivity contribution in [2.45, 2.75) is 315 Å². The van der Waals surface area contributed by atoms with Crippen LogP contribution in [-0.2, 0) is 132 Å². The number of hydrogen-bond acceptors (Lipinski definition) is 24. The Morgan fingerprint density at radius 2 is 0.758 bits per heavy atom. The van der Waals surface area contributed by atoms with Crippen LogP contribution in [0.4, 0.5) is 13.2 Å². The van der Waals surface area contributed by atoms with Gasteiger partial charge in [-0.15, -0.1) is 0 Å². The van der Waals surface area contributed by atoms with Gasteiger partial charge in [0.2, 0.25) is 35.4 Å². The SMILES string of the molecule is COc1ccc2nc3c(nc2c1)O[C@H]1CN(C(=O)[C@H](C(C)(C)C)CC(=O)O[C@@H]2CCC[C@H]2CCCCC3)[C@H]([C-]=O)[C@@H]1F.COc1ccc2nc3c(nc2c1)O[C@H]1CN(C(=O)[C@H](C(C)(C)C)CC(=O)O[C@@H]2[C@H]4CC[C@H](C4)[C@H]2CCCCC3)[C@H]([C-]=O)[C@@H]1F.COc1ccc2nc3c(nc2c1)O[C@H]1CN(C(=O)[C@H](C(C)(C)C)CC(=O)O[C@]2(C)CCC[C@H]2CCCCC3)[C@H]([C-]=O)[C@@H]1F.[V].[V].[V]. The Labute approximate surface area is 808 Å². The molecular weight excluding hydrogens is 1810 g/mol. The van der Waals surface area contributed by atoms with Crippen LogP contribution in [0.1, 0.15) is 240 Å². The first-order chi connectivity index (χ1) is 61.6. The maximum absolute atomic E-state index is 15.9. The molecule has 10 aliphatic rings. The summed E-state index contributed by atoms with van der Waals surface area (Å²) >= 11 is 0. The molecule has 7 fully saturated rings. The number of nitrogens with zero attached hydrogens (tertiary/aromatic N) is 9. The van der Waals surface area contributed by atoms with Crippen molar-refractivity contribution < 1.29 is 155 Å². The molecule has 4 aliphatic carbocycles. The fourth-order valence-corrected chi connectivity index (χ4v) is 21.4. The second kappa shape index (κ2) is 44.8. The number of halogens is 3. The molecule has 6 aromatic rings. The first kappa shape index (κ1) is 104. The number of carbonyl (C=O) groups is 6. The first-order valence-electron chi connectivity index (χ1n) is 46.7. The van der Waals surface area contributed by atoms with Crippen molar-refractivity contribution >= 4 is 87.6 Å². The van der Waals surface area contributed by atoms with Crippen molar-refractivity contribution in [2.24, 2.45) is 63.6 Å². The van der Waals surface area contributed by atoms with E-state index in [4.69, 9.17) is 67.6 Å². The molecule has 715 valence electrons. The zero-order valence-corrected chi connectivity index (χ0v) is 82.4. The molecule has 3 saturated heterocycles. The zero-order valence-electron chi connectivity index (χ0n) is 78.2. The van der Waals surface area contributed by atoms with Gasteiger partial charge in [0, 0.05) is 73.9 Å². The number of methoxy groups -OCH3 is 3. The van der Waals surface area contributed by atoms with Gasteiger partial charge in [-0.3, -0.25) is 28.8 Å². The zero-order chi connectivity index (χ0) is 92.1. The van der Waals surface area contributed by atoms with Crippen molar-refractivity contribution in [2.75, 3.05) is 41.0 Å². The number of hydrogen-bond donors (Lipinski definition) is 0. The van der Waals surface area contributed by atoms with E-state index in [1.165, 1.54) is 21.1 Å². The minimum atomic E-state index is -1.83. The summed E-state index contributed by atoms with van der Waals surface area (Å²) in [6, 6.07) is 11.8. The molecule has 132 heavy (non-hydrogen) atoms. The number of amides is 3. The molecule has 16 rings (SSSR count). The molecule has 4 saturated carbocycles. The van der Waals surface area contributed by atoms with Gasteiger partial charge in [-0.1, -0.05) is 101 Å². The van der Waals surface area contributed by atoms with E-state index >= 15 is 13.2 Å². The molecular formula is C99H127F3N9O18V3-3. The standard InChI is InChI=1S/C34H43FN3O6.C33H43FN3O6.C32H41FN3O6.3V/c1-34(2,3)23-16-29(40)44-31-20-11-10-19(14-20)22(31)8-6-5-7-9-25-32(37-26-15-21(42-4)12-13-24(26)36-25)43-28-17-38(33(23)41)27(18-39)30(28)35;1-32(2,3)22-17-28(39)43-33(4)15-9-11-20(33)10-7-6-8-12-24-30(36-25-16-21(41-5)13-14-23(25)35-24)42-27-18-37(31(22)40)26(19-38)29(27)34;1-32(2,3)21-16-28(38)41-26-12-8-10-19(26)9-6-5-7-11-23-30(35-24-15-20(40-4)13-14-22(24)34-23)42-27-17-36(31(21)39)25(18-37)29(27)33;;;/h12-13,15,19-20,22-23,27-28,30-31H,5-11,14,16-17H2,1-4H3;13-14,16,20,22,26-27,29H,6-12,15,17-18H2,1-5H3;13-15,19,21,25-27,29H,5-12,16-17H2,1-4H3;;;/q3*-1;;;/t19-,20+,22-,23-,27-,28+,30+,31-;20-,22-,26-,27+,29+,33-;19-,21-,25-,26-,27+,29+;;;/m111.../s1. The van der Waals surface area contributed by atoms with E-state index in [0.29, 0.717) is 110 Å². The van der Waals surface area contributed by atoms with Gasteiger partial charge in [-0.25, -0.2) is 61.9 Å². The minimum Gasteiger partial charge on any atom is -0.540 e. The molecule has 33 heteroatoms. The second-order valence-corrected chi connectivity index (χ2v) is 40.7. The van der Waals surface area contributed by atoms with Gasteiger partial charge in [0.05, 0.1) is 111 Å². The molecule has 0 unspecified atom stereocenters. The number of carbonyl (C=O) groups excluding carboxylic acids is 9. The number of benzene rings is 3. The Kier molecular flexibility index (Phi) is 35.4. The Morgan fingerprint density at radius 3 is 1.15 bits per heavy atom. The van der Waals surface area contributed by atoms with Gasteiger partial charge in [-0.2, -0.15) is 0 Å². The summed E-state index contributed by atoms with van der Waals surface area (Å²) in [6.07, 6.45) is 17.4. The summed E-state index contributed by atoms with van der Waals surface area (Å²) in [6.45, 7) is 18.2. The summed E-state index contributed by atoms with van der Waals surface area (Å²) in [5, 5.41) is 0. The topological polar surface area (TPSA) is 324 Å². The Morgan fingerprint density at radius 1 is 0.394 bits per heavy atom. The number of aryl methyl sites for hydroxylation is 3. The molecule has 0 spiro atoms. The maximum Gasteiger partial charge on any atom is 0.307 e. The second-order valence-electron chi connectivity index (χ2n) is 40.7. The van der Waals surface area contributed by atoms with Gasteiger partial charge >= 0.3 is 17.9 Å². The predicted octanol–water partition coefficient (Wildman–Crippen LogP) is 15.4. The van der Waals surface area contributed by atoms with Gasteiger partial charge in [0.25, 0.3) is 0 Å². The molecule has 9 heterocycles. The van der Waals surface area contributed by atoms with Crippen molar-refractivity contribution in [3.63, 3.8) is 0 Å². The smallest absolute Gasteiger partial charge is 0.307 e. The molecule has 3 radical (unpaired) electrons. The fourth-order valence-electron chi connectivity index (χ4n) is 21.4. The van der Waals surface area contributed by atoms with E-state index in [9.17, 15) is 43.2 Å². The van der Waals surface area contributed by atoms with Crippen LogP contribution < -0.4 is 28.4 Å². The van der Waals surface area contributed by atoms with Crippen LogP contribution in [0.5, 0.6) is 34.9 Å². The largest absolute Gasteiger partial charge is 0.540 e. The van der Waals surface area contributed by atoms with Gasteiger partial charge < -0.3 is 71.7 Å². The van der Waals surface area contributed by atoms with Gasteiger partial charge in [-0.05, 0) is 223 Å². The summed E-state index contributed by atoms with van der Waals surface area (Å²) in [4.78, 5) is 150. The van der Waals surface area contributed by atoms with Crippen LogP contribution in [0, 0.1) is 63.6 Å². The number of ether oxygens (including phenoxy) is 9. The molecule has 3 amide bonds. The Hall–Kier alpha value is -8.15. The van der Waals surface area contributed by atoms with Crippen LogP contribution >= 0.6 is 0 Å². The first-order valence-corrected chi connectivity index (χ1v) is 46.7. The molecule has 8 bridgehead atoms. The number of alkyl halides is 3. The van der Waals surface area contributed by atoms with Crippen molar-refractivity contribution in [3.8, 4) is 34.9 Å². The molecule has 20 atom stereocenters. The third kappa shape index (κ3) is 23.7. The number of rotatable bonds is 6. The maximum atomic E-state index is 15.9. The Bertz CT molecular complexity index is 5080. The van der Waals surface area contributed by atoms with E-state index in [0.717, 1.165) is 128 Å². The number of aromatic nitrogens is 6. The summed E-state index contributed by atoms with van der Waals surface area (Å²) in [7, 11) is 4.69. The van der Waals surface area contributed by atoms with E-state index in [1.54, 1.807) is 58.4 Å². The fraction of sp³-hybridized carbons (Fsp3) is 0.667. The van der Waals surface area contributed by atoms with E-state index in [2.05, 4.69) is 4.98 Å². The van der Waals surface area contributed by atoms with Crippen LogP contribution in [0.3, 0.4) is 0 Å². The summed E-state index contributed by atoms with van der Waals surface area (Å²) in [5.41, 5.74) is 2.94. The van der Waals surface area contributed by atoms with E-state index in [1.807, 2.05) is 106 Å². The van der Waals surface area contributed by atoms with Crippen molar-refractivity contribution in [3.05, 3.63) is 71.7 Å². The summed E-state index contributed by atoms with van der Waals surface area (Å²) < 4.78 is 100. The molecule has 27 nitrogen and oxygen atoms in total.